The van der Waals surface area contributed by atoms with Gasteiger partial charge in [0.1, 0.15) is 0 Å². The van der Waals surface area contributed by atoms with E-state index in [0.29, 0.717) is 5.92 Å². The largest absolute Gasteiger partial charge is 0.380 e. The molecule has 1 N–H and O–H groups in total. The number of hydrogen-bond acceptors (Lipinski definition) is 1. The molecule has 2 rings (SSSR count). The van der Waals surface area contributed by atoms with Gasteiger partial charge in [0, 0.05) is 11.2 Å². The van der Waals surface area contributed by atoms with Crippen molar-refractivity contribution in [3.63, 3.8) is 0 Å². The van der Waals surface area contributed by atoms with Crippen molar-refractivity contribution in [2.24, 2.45) is 5.92 Å². The van der Waals surface area contributed by atoms with Crippen LogP contribution in [0.1, 0.15) is 39.7 Å². The zero-order chi connectivity index (χ0) is 14.0. The van der Waals surface area contributed by atoms with Gasteiger partial charge in [-0.1, -0.05) is 50.6 Å². The first-order valence-corrected chi connectivity index (χ1v) is 7.22. The van der Waals surface area contributed by atoms with Crippen LogP contribution in [-0.4, -0.2) is 5.54 Å². The maximum atomic E-state index is 3.73. The smallest absolute Gasteiger partial charge is 0.0380 e. The van der Waals surface area contributed by atoms with Gasteiger partial charge in [-0.25, -0.2) is 0 Å². The van der Waals surface area contributed by atoms with Gasteiger partial charge in [0.25, 0.3) is 0 Å². The van der Waals surface area contributed by atoms with E-state index in [2.05, 4.69) is 76.3 Å². The van der Waals surface area contributed by atoms with Crippen LogP contribution in [0.15, 0.2) is 36.4 Å². The minimum absolute atomic E-state index is 0.113. The highest BCUT2D eigenvalue weighted by atomic mass is 15.0. The number of anilines is 1. The Morgan fingerprint density at radius 3 is 2.47 bits per heavy atom. The van der Waals surface area contributed by atoms with E-state index in [0.717, 1.165) is 0 Å². The highest BCUT2D eigenvalue weighted by Crippen LogP contribution is 2.30. The third-order valence-electron chi connectivity index (χ3n) is 4.50. The second-order valence-corrected chi connectivity index (χ2v) is 6.12. The van der Waals surface area contributed by atoms with Crippen LogP contribution in [0.25, 0.3) is 10.8 Å². The van der Waals surface area contributed by atoms with Crippen molar-refractivity contribution in [1.29, 1.82) is 0 Å². The Labute approximate surface area is 117 Å². The molecule has 0 aliphatic rings. The summed E-state index contributed by atoms with van der Waals surface area (Å²) in [6, 6.07) is 13.0. The summed E-state index contributed by atoms with van der Waals surface area (Å²) < 4.78 is 0. The Bertz CT molecular complexity index is 569. The lowest BCUT2D eigenvalue weighted by Gasteiger charge is -2.34. The molecule has 0 aliphatic heterocycles. The van der Waals surface area contributed by atoms with Gasteiger partial charge >= 0.3 is 0 Å². The first-order valence-electron chi connectivity index (χ1n) is 7.22. The molecular formula is C18H25N. The van der Waals surface area contributed by atoms with Crippen molar-refractivity contribution >= 4 is 16.5 Å². The summed E-state index contributed by atoms with van der Waals surface area (Å²) in [5.41, 5.74) is 2.71. The van der Waals surface area contributed by atoms with Crippen molar-refractivity contribution in [2.45, 2.75) is 46.6 Å². The summed E-state index contributed by atoms with van der Waals surface area (Å²) in [6.07, 6.45) is 1.19. The summed E-state index contributed by atoms with van der Waals surface area (Å²) >= 11 is 0. The molecule has 0 amide bonds. The van der Waals surface area contributed by atoms with E-state index in [1.54, 1.807) is 0 Å². The quantitative estimate of drug-likeness (QED) is 0.773. The van der Waals surface area contributed by atoms with E-state index in [4.69, 9.17) is 0 Å². The minimum Gasteiger partial charge on any atom is -0.380 e. The molecule has 0 saturated heterocycles. The topological polar surface area (TPSA) is 12.0 Å². The van der Waals surface area contributed by atoms with Crippen LogP contribution in [0.3, 0.4) is 0 Å². The minimum atomic E-state index is 0.113. The average Bonchev–Trinajstić information content (AvgIpc) is 2.41. The predicted octanol–water partition coefficient (Wildman–Crippen LogP) is 5.38. The molecule has 0 bridgehead atoms. The van der Waals surface area contributed by atoms with E-state index in [9.17, 15) is 0 Å². The van der Waals surface area contributed by atoms with Crippen molar-refractivity contribution in [3.8, 4) is 0 Å². The van der Waals surface area contributed by atoms with E-state index in [-0.39, 0.29) is 5.54 Å². The maximum Gasteiger partial charge on any atom is 0.0380 e. The Hall–Kier alpha value is -1.50. The number of benzene rings is 2. The van der Waals surface area contributed by atoms with Gasteiger partial charge in [0.15, 0.2) is 0 Å². The summed E-state index contributed by atoms with van der Waals surface area (Å²) in [7, 11) is 0. The van der Waals surface area contributed by atoms with Crippen LogP contribution in [0.4, 0.5) is 5.69 Å². The van der Waals surface area contributed by atoms with Gasteiger partial charge in [0.2, 0.25) is 0 Å². The van der Waals surface area contributed by atoms with Gasteiger partial charge in [-0.3, -0.25) is 0 Å². The van der Waals surface area contributed by atoms with Crippen LogP contribution >= 0.6 is 0 Å². The molecular weight excluding hydrogens is 230 g/mol. The van der Waals surface area contributed by atoms with Gasteiger partial charge in [0.05, 0.1) is 0 Å². The van der Waals surface area contributed by atoms with Crippen molar-refractivity contribution in [2.75, 3.05) is 5.32 Å². The van der Waals surface area contributed by atoms with E-state index in [1.165, 1.54) is 28.4 Å². The number of fused-ring (bicyclic) bond motifs is 1. The second-order valence-electron chi connectivity index (χ2n) is 6.12. The van der Waals surface area contributed by atoms with Crippen LogP contribution in [0.2, 0.25) is 0 Å². The molecule has 0 saturated carbocycles. The van der Waals surface area contributed by atoms with Crippen molar-refractivity contribution < 1.29 is 0 Å². The number of nitrogens with one attached hydrogen (secondary N) is 1. The van der Waals surface area contributed by atoms with E-state index in [1.807, 2.05) is 0 Å². The summed E-state index contributed by atoms with van der Waals surface area (Å²) in [5, 5.41) is 6.38. The number of aryl methyl sites for hydroxylation is 1. The normalized spacial score (nSPS) is 13.5. The van der Waals surface area contributed by atoms with E-state index >= 15 is 0 Å². The zero-order valence-corrected chi connectivity index (χ0v) is 12.7. The first kappa shape index (κ1) is 13.9. The molecule has 19 heavy (non-hydrogen) atoms. The standard InChI is InChI=1S/C18H25N/c1-6-13(2)18(4,5)19-17-12-11-15-9-7-8-10-16(15)14(17)3/h7-13,19H,6H2,1-5H3. The summed E-state index contributed by atoms with van der Waals surface area (Å²) in [4.78, 5) is 0. The molecule has 1 unspecified atom stereocenters. The van der Waals surface area contributed by atoms with E-state index < -0.39 is 0 Å². The monoisotopic (exact) mass is 255 g/mol. The highest BCUT2D eigenvalue weighted by molar-refractivity contribution is 5.89. The Morgan fingerprint density at radius 2 is 1.79 bits per heavy atom. The van der Waals surface area contributed by atoms with Crippen molar-refractivity contribution in [1.82, 2.24) is 0 Å². The molecule has 1 atom stereocenters. The third-order valence-corrected chi connectivity index (χ3v) is 4.50. The Balaban J connectivity index is 2.39. The molecule has 1 heteroatoms. The molecule has 0 fully saturated rings. The molecule has 102 valence electrons. The van der Waals surface area contributed by atoms with Crippen molar-refractivity contribution in [3.05, 3.63) is 42.0 Å². The maximum absolute atomic E-state index is 3.73. The average molecular weight is 255 g/mol. The lowest BCUT2D eigenvalue weighted by atomic mass is 9.86. The Kier molecular flexibility index (Phi) is 3.84. The molecule has 0 spiro atoms. The molecule has 0 heterocycles. The fourth-order valence-corrected chi connectivity index (χ4v) is 2.54. The predicted molar refractivity (Wildman–Crippen MR) is 85.8 cm³/mol. The molecule has 0 aromatic heterocycles. The van der Waals surface area contributed by atoms with Crippen LogP contribution in [-0.2, 0) is 0 Å². The number of hydrogen-bond donors (Lipinski definition) is 1. The first-order chi connectivity index (χ1) is 8.95. The molecule has 0 aliphatic carbocycles. The summed E-state index contributed by atoms with van der Waals surface area (Å²) in [6.45, 7) is 11.3. The van der Waals surface area contributed by atoms with Gasteiger partial charge in [-0.15, -0.1) is 0 Å². The lowest BCUT2D eigenvalue weighted by Crippen LogP contribution is -2.38. The van der Waals surface area contributed by atoms with Gasteiger partial charge in [-0.05, 0) is 49.1 Å². The fourth-order valence-electron chi connectivity index (χ4n) is 2.54. The fraction of sp³-hybridized carbons (Fsp3) is 0.444. The summed E-state index contributed by atoms with van der Waals surface area (Å²) in [5.74, 6) is 0.637. The second kappa shape index (κ2) is 5.24. The Morgan fingerprint density at radius 1 is 1.11 bits per heavy atom. The van der Waals surface area contributed by atoms with Crippen LogP contribution < -0.4 is 5.32 Å². The molecule has 2 aromatic carbocycles. The third kappa shape index (κ3) is 2.75. The molecule has 1 nitrogen and oxygen atoms in total. The molecule has 0 radical (unpaired) electrons. The SMILES string of the molecule is CCC(C)C(C)(C)Nc1ccc2ccccc2c1C. The highest BCUT2D eigenvalue weighted by Gasteiger charge is 2.24. The van der Waals surface area contributed by atoms with Gasteiger partial charge in [-0.2, -0.15) is 0 Å². The number of rotatable bonds is 4. The van der Waals surface area contributed by atoms with Crippen LogP contribution in [0.5, 0.6) is 0 Å². The zero-order valence-electron chi connectivity index (χ0n) is 12.7. The molecule has 2 aromatic rings. The van der Waals surface area contributed by atoms with Gasteiger partial charge < -0.3 is 5.32 Å². The van der Waals surface area contributed by atoms with Crippen LogP contribution in [0, 0.1) is 12.8 Å². The lowest BCUT2D eigenvalue weighted by molar-refractivity contribution is 0.367.